The quantitative estimate of drug-likeness (QED) is 0.813. The molecule has 1 rings (SSSR count). The molecular formula is C13H22F3NO. The number of alkyl halides is 3. The van der Waals surface area contributed by atoms with Gasteiger partial charge in [-0.2, -0.15) is 13.2 Å². The molecule has 106 valence electrons. The molecule has 1 N–H and O–H groups in total. The molecule has 2 unspecified atom stereocenters. The molecule has 0 heterocycles. The number of nitrogens with one attached hydrogen (secondary N) is 1. The smallest absolute Gasteiger partial charge is 0.348 e. The first-order valence-electron chi connectivity index (χ1n) is 6.29. The summed E-state index contributed by atoms with van der Waals surface area (Å²) in [7, 11) is 0. The van der Waals surface area contributed by atoms with Crippen molar-refractivity contribution in [3.63, 3.8) is 0 Å². The first-order chi connectivity index (χ1) is 7.94. The third-order valence-electron chi connectivity index (χ3n) is 3.58. The van der Waals surface area contributed by atoms with Crippen LogP contribution in [0.25, 0.3) is 0 Å². The molecule has 0 spiro atoms. The minimum atomic E-state index is -4.79. The fourth-order valence-corrected chi connectivity index (χ4v) is 3.68. The number of hydrogen-bond donors (Lipinski definition) is 1. The molecule has 0 bridgehead atoms. The molecule has 0 aromatic rings. The number of carbonyl (C=O) groups is 1. The first-order valence-corrected chi connectivity index (χ1v) is 6.29. The highest BCUT2D eigenvalue weighted by Gasteiger charge is 2.43. The Morgan fingerprint density at radius 1 is 1.28 bits per heavy atom. The maximum absolute atomic E-state index is 12.1. The fourth-order valence-electron chi connectivity index (χ4n) is 3.68. The van der Waals surface area contributed by atoms with Gasteiger partial charge in [-0.3, -0.25) is 4.79 Å². The Kier molecular flexibility index (Phi) is 4.03. The minimum Gasteiger partial charge on any atom is -0.348 e. The zero-order chi connectivity index (χ0) is 14.2. The Labute approximate surface area is 106 Å². The van der Waals surface area contributed by atoms with Crippen LogP contribution in [0.15, 0.2) is 0 Å². The highest BCUT2D eigenvalue weighted by Crippen LogP contribution is 2.48. The van der Waals surface area contributed by atoms with Crippen molar-refractivity contribution in [3.05, 3.63) is 0 Å². The fraction of sp³-hybridized carbons (Fsp3) is 0.923. The summed E-state index contributed by atoms with van der Waals surface area (Å²) in [6.45, 7) is 8.43. The van der Waals surface area contributed by atoms with E-state index in [0.29, 0.717) is 5.92 Å². The lowest BCUT2D eigenvalue weighted by Crippen LogP contribution is -2.46. The van der Waals surface area contributed by atoms with Crippen molar-refractivity contribution in [1.82, 2.24) is 5.32 Å². The topological polar surface area (TPSA) is 29.1 Å². The molecule has 1 saturated carbocycles. The maximum atomic E-state index is 12.1. The molecule has 1 fully saturated rings. The van der Waals surface area contributed by atoms with Gasteiger partial charge in [-0.25, -0.2) is 0 Å². The van der Waals surface area contributed by atoms with Crippen LogP contribution in [-0.4, -0.2) is 18.6 Å². The first kappa shape index (κ1) is 15.3. The number of rotatable bonds is 2. The average molecular weight is 265 g/mol. The second kappa shape index (κ2) is 4.74. The standard InChI is InChI=1S/C13H22F3NO/c1-9-5-11(2,3)7-12(4,6-9)8-17-10(18)13(14,15)16/h9H,5-8H2,1-4H3,(H,17,18). The molecule has 0 aliphatic heterocycles. The summed E-state index contributed by atoms with van der Waals surface area (Å²) in [5.74, 6) is -1.36. The zero-order valence-electron chi connectivity index (χ0n) is 11.4. The van der Waals surface area contributed by atoms with Crippen LogP contribution >= 0.6 is 0 Å². The van der Waals surface area contributed by atoms with Gasteiger partial charge in [0, 0.05) is 6.54 Å². The number of hydrogen-bond acceptors (Lipinski definition) is 1. The van der Waals surface area contributed by atoms with Crippen molar-refractivity contribution in [3.8, 4) is 0 Å². The predicted octanol–water partition coefficient (Wildman–Crippen LogP) is 3.52. The minimum absolute atomic E-state index is 0.0963. The summed E-state index contributed by atoms with van der Waals surface area (Å²) in [6.07, 6.45) is -2.01. The van der Waals surface area contributed by atoms with Gasteiger partial charge in [-0.1, -0.05) is 27.7 Å². The SMILES string of the molecule is CC1CC(C)(C)CC(C)(CNC(=O)C(F)(F)F)C1. The van der Waals surface area contributed by atoms with Gasteiger partial charge in [0.1, 0.15) is 0 Å². The molecule has 1 aliphatic rings. The van der Waals surface area contributed by atoms with E-state index in [4.69, 9.17) is 0 Å². The van der Waals surface area contributed by atoms with Gasteiger partial charge in [0.05, 0.1) is 0 Å². The second-order valence-corrected chi connectivity index (χ2v) is 6.85. The van der Waals surface area contributed by atoms with Gasteiger partial charge in [-0.15, -0.1) is 0 Å². The van der Waals surface area contributed by atoms with Crippen LogP contribution in [-0.2, 0) is 4.79 Å². The van der Waals surface area contributed by atoms with Crippen LogP contribution in [0.5, 0.6) is 0 Å². The molecule has 5 heteroatoms. The van der Waals surface area contributed by atoms with E-state index in [2.05, 4.69) is 20.8 Å². The lowest BCUT2D eigenvalue weighted by molar-refractivity contribution is -0.174. The molecule has 1 aliphatic carbocycles. The van der Waals surface area contributed by atoms with Gasteiger partial charge >= 0.3 is 12.1 Å². The van der Waals surface area contributed by atoms with Crippen LogP contribution in [0.2, 0.25) is 0 Å². The number of carbonyl (C=O) groups excluding carboxylic acids is 1. The molecule has 18 heavy (non-hydrogen) atoms. The van der Waals surface area contributed by atoms with Gasteiger partial charge in [-0.05, 0) is 36.0 Å². The van der Waals surface area contributed by atoms with Crippen LogP contribution in [0.4, 0.5) is 13.2 Å². The Morgan fingerprint density at radius 3 is 2.28 bits per heavy atom. The Hall–Kier alpha value is -0.740. The highest BCUT2D eigenvalue weighted by molar-refractivity contribution is 5.81. The highest BCUT2D eigenvalue weighted by atomic mass is 19.4. The van der Waals surface area contributed by atoms with Gasteiger partial charge in [0.25, 0.3) is 0 Å². The van der Waals surface area contributed by atoms with Crippen molar-refractivity contribution >= 4 is 5.91 Å². The van der Waals surface area contributed by atoms with Crippen LogP contribution in [0.3, 0.4) is 0 Å². The summed E-state index contributed by atoms with van der Waals surface area (Å²) < 4.78 is 36.4. The van der Waals surface area contributed by atoms with E-state index in [0.717, 1.165) is 19.3 Å². The predicted molar refractivity (Wildman–Crippen MR) is 64.0 cm³/mol. The molecule has 0 aromatic heterocycles. The third kappa shape index (κ3) is 4.18. The Bertz CT molecular complexity index is 325. The van der Waals surface area contributed by atoms with E-state index in [1.54, 1.807) is 0 Å². The van der Waals surface area contributed by atoms with Crippen molar-refractivity contribution in [2.45, 2.75) is 53.1 Å². The maximum Gasteiger partial charge on any atom is 0.471 e. The Morgan fingerprint density at radius 2 is 1.83 bits per heavy atom. The number of halogens is 3. The van der Waals surface area contributed by atoms with E-state index in [1.165, 1.54) is 0 Å². The van der Waals surface area contributed by atoms with Gasteiger partial charge < -0.3 is 5.32 Å². The van der Waals surface area contributed by atoms with Gasteiger partial charge in [0.15, 0.2) is 0 Å². The monoisotopic (exact) mass is 265 g/mol. The zero-order valence-corrected chi connectivity index (χ0v) is 11.4. The van der Waals surface area contributed by atoms with E-state index >= 15 is 0 Å². The van der Waals surface area contributed by atoms with Crippen LogP contribution in [0.1, 0.15) is 47.0 Å². The van der Waals surface area contributed by atoms with Crippen molar-refractivity contribution in [2.75, 3.05) is 6.54 Å². The van der Waals surface area contributed by atoms with E-state index in [9.17, 15) is 18.0 Å². The molecular weight excluding hydrogens is 243 g/mol. The van der Waals surface area contributed by atoms with Crippen molar-refractivity contribution in [2.24, 2.45) is 16.7 Å². The third-order valence-corrected chi connectivity index (χ3v) is 3.58. The molecule has 2 nitrogen and oxygen atoms in total. The van der Waals surface area contributed by atoms with Crippen molar-refractivity contribution in [1.29, 1.82) is 0 Å². The summed E-state index contributed by atoms with van der Waals surface area (Å²) >= 11 is 0. The van der Waals surface area contributed by atoms with E-state index in [-0.39, 0.29) is 17.4 Å². The average Bonchev–Trinajstić information content (AvgIpc) is 2.08. The normalized spacial score (nSPS) is 32.1. The van der Waals surface area contributed by atoms with Gasteiger partial charge in [0.2, 0.25) is 0 Å². The largest absolute Gasteiger partial charge is 0.471 e. The second-order valence-electron chi connectivity index (χ2n) is 6.85. The molecule has 0 saturated heterocycles. The molecule has 2 atom stereocenters. The van der Waals surface area contributed by atoms with E-state index < -0.39 is 12.1 Å². The Balaban J connectivity index is 2.62. The van der Waals surface area contributed by atoms with Crippen molar-refractivity contribution < 1.29 is 18.0 Å². The molecule has 1 amide bonds. The van der Waals surface area contributed by atoms with Crippen LogP contribution in [0, 0.1) is 16.7 Å². The number of amides is 1. The van der Waals surface area contributed by atoms with E-state index in [1.807, 2.05) is 12.2 Å². The summed E-state index contributed by atoms with van der Waals surface area (Å²) in [5, 5.41) is 2.03. The van der Waals surface area contributed by atoms with Crippen LogP contribution < -0.4 is 5.32 Å². The molecule has 0 radical (unpaired) electrons. The summed E-state index contributed by atoms with van der Waals surface area (Å²) in [4.78, 5) is 10.9. The summed E-state index contributed by atoms with van der Waals surface area (Å²) in [6, 6.07) is 0. The summed E-state index contributed by atoms with van der Waals surface area (Å²) in [5.41, 5.74) is -0.128. The lowest BCUT2D eigenvalue weighted by Gasteiger charge is -2.46. The lowest BCUT2D eigenvalue weighted by atomic mass is 9.61. The molecule has 0 aromatic carbocycles.